The molecule has 1 aromatic heterocycles. The zero-order valence-electron chi connectivity index (χ0n) is 13.0. The summed E-state index contributed by atoms with van der Waals surface area (Å²) >= 11 is 1.45. The third-order valence-electron chi connectivity index (χ3n) is 3.97. The molecule has 0 radical (unpaired) electrons. The maximum absolute atomic E-state index is 12.3. The lowest BCUT2D eigenvalue weighted by Gasteiger charge is -2.34. The summed E-state index contributed by atoms with van der Waals surface area (Å²) in [4.78, 5) is 27.8. The summed E-state index contributed by atoms with van der Waals surface area (Å²) in [5.41, 5.74) is 0.875. The number of nitro groups is 1. The van der Waals surface area contributed by atoms with E-state index >= 15 is 0 Å². The highest BCUT2D eigenvalue weighted by molar-refractivity contribution is 7.12. The highest BCUT2D eigenvalue weighted by Gasteiger charge is 2.24. The molecule has 1 aliphatic heterocycles. The second-order valence-corrected chi connectivity index (χ2v) is 6.38. The Bertz CT molecular complexity index is 700. The molecule has 0 spiro atoms. The van der Waals surface area contributed by atoms with Crippen molar-refractivity contribution in [1.82, 2.24) is 9.80 Å². The smallest absolute Gasteiger partial charge is 0.273 e. The van der Waals surface area contributed by atoms with Gasteiger partial charge in [0.25, 0.3) is 11.6 Å². The average Bonchev–Trinajstić information content (AvgIpc) is 3.10. The maximum Gasteiger partial charge on any atom is 0.273 e. The quantitative estimate of drug-likeness (QED) is 0.615. The van der Waals surface area contributed by atoms with Crippen LogP contribution in [0.5, 0.6) is 0 Å². The molecular formula is C16H18ClN3O3S. The second-order valence-electron chi connectivity index (χ2n) is 5.43. The summed E-state index contributed by atoms with van der Waals surface area (Å²) in [7, 11) is 0. The molecule has 6 nitrogen and oxygen atoms in total. The Morgan fingerprint density at radius 2 is 1.83 bits per heavy atom. The van der Waals surface area contributed by atoms with Gasteiger partial charge in [-0.3, -0.25) is 19.8 Å². The van der Waals surface area contributed by atoms with E-state index in [-0.39, 0.29) is 28.9 Å². The third-order valence-corrected chi connectivity index (χ3v) is 4.83. The van der Waals surface area contributed by atoms with Crippen molar-refractivity contribution >= 4 is 35.3 Å². The van der Waals surface area contributed by atoms with E-state index in [9.17, 15) is 14.9 Å². The van der Waals surface area contributed by atoms with Gasteiger partial charge in [-0.1, -0.05) is 24.3 Å². The molecule has 128 valence electrons. The largest absolute Gasteiger partial charge is 0.335 e. The van der Waals surface area contributed by atoms with Crippen LogP contribution in [0.1, 0.15) is 15.2 Å². The van der Waals surface area contributed by atoms with Crippen molar-refractivity contribution in [3.8, 4) is 0 Å². The average molecular weight is 368 g/mol. The molecule has 1 fully saturated rings. The van der Waals surface area contributed by atoms with Gasteiger partial charge < -0.3 is 4.90 Å². The molecule has 1 aromatic carbocycles. The summed E-state index contributed by atoms with van der Waals surface area (Å²) in [5.74, 6) is 0.0744. The van der Waals surface area contributed by atoms with Crippen molar-refractivity contribution in [1.29, 1.82) is 0 Å². The van der Waals surface area contributed by atoms with Gasteiger partial charge in [0.05, 0.1) is 9.80 Å². The van der Waals surface area contributed by atoms with Gasteiger partial charge in [-0.25, -0.2) is 0 Å². The number of nitro benzene ring substituents is 1. The summed E-state index contributed by atoms with van der Waals surface area (Å²) in [6.07, 6.45) is 0. The molecule has 0 aliphatic carbocycles. The number of carbonyl (C=O) groups excluding carboxylic acids is 1. The number of para-hydroxylation sites is 1. The predicted molar refractivity (Wildman–Crippen MR) is 95.8 cm³/mol. The SMILES string of the molecule is Cl.O=C(c1cccs1)N1CCN(Cc2ccccc2[N+](=O)[O-])CC1. The van der Waals surface area contributed by atoms with E-state index in [1.165, 1.54) is 17.4 Å². The normalized spacial score (nSPS) is 14.9. The van der Waals surface area contributed by atoms with Gasteiger partial charge in [0.15, 0.2) is 0 Å². The first-order valence-electron chi connectivity index (χ1n) is 7.42. The number of rotatable bonds is 4. The van der Waals surface area contributed by atoms with Crippen LogP contribution in [0.2, 0.25) is 0 Å². The molecule has 0 saturated carbocycles. The number of hydrogen-bond donors (Lipinski definition) is 0. The van der Waals surface area contributed by atoms with E-state index < -0.39 is 0 Å². The monoisotopic (exact) mass is 367 g/mol. The number of halogens is 1. The lowest BCUT2D eigenvalue weighted by molar-refractivity contribution is -0.385. The number of hydrogen-bond acceptors (Lipinski definition) is 5. The van der Waals surface area contributed by atoms with Crippen molar-refractivity contribution in [2.75, 3.05) is 26.2 Å². The van der Waals surface area contributed by atoms with Crippen LogP contribution in [-0.4, -0.2) is 46.8 Å². The minimum Gasteiger partial charge on any atom is -0.335 e. The fourth-order valence-electron chi connectivity index (χ4n) is 2.73. The van der Waals surface area contributed by atoms with Crippen LogP contribution in [0.15, 0.2) is 41.8 Å². The molecule has 0 unspecified atom stereocenters. The lowest BCUT2D eigenvalue weighted by atomic mass is 10.1. The molecule has 2 heterocycles. The Morgan fingerprint density at radius 3 is 2.46 bits per heavy atom. The van der Waals surface area contributed by atoms with E-state index in [2.05, 4.69) is 4.90 Å². The maximum atomic E-state index is 12.3. The zero-order chi connectivity index (χ0) is 16.2. The van der Waals surface area contributed by atoms with Crippen molar-refractivity contribution in [2.45, 2.75) is 6.54 Å². The van der Waals surface area contributed by atoms with Crippen LogP contribution in [0.4, 0.5) is 5.69 Å². The summed E-state index contributed by atoms with van der Waals surface area (Å²) in [5, 5.41) is 13.0. The topological polar surface area (TPSA) is 66.7 Å². The lowest BCUT2D eigenvalue weighted by Crippen LogP contribution is -2.48. The third kappa shape index (κ3) is 4.11. The van der Waals surface area contributed by atoms with Crippen LogP contribution >= 0.6 is 23.7 Å². The van der Waals surface area contributed by atoms with E-state index in [1.54, 1.807) is 12.1 Å². The Hall–Kier alpha value is -1.96. The Morgan fingerprint density at radius 1 is 1.12 bits per heavy atom. The molecule has 24 heavy (non-hydrogen) atoms. The molecule has 0 N–H and O–H groups in total. The van der Waals surface area contributed by atoms with E-state index in [0.29, 0.717) is 19.6 Å². The highest BCUT2D eigenvalue weighted by Crippen LogP contribution is 2.21. The fourth-order valence-corrected chi connectivity index (χ4v) is 3.42. The first-order valence-corrected chi connectivity index (χ1v) is 8.30. The van der Waals surface area contributed by atoms with Crippen LogP contribution in [-0.2, 0) is 6.54 Å². The number of piperazine rings is 1. The fraction of sp³-hybridized carbons (Fsp3) is 0.312. The molecule has 0 bridgehead atoms. The molecule has 0 atom stereocenters. The molecule has 1 aliphatic rings. The van der Waals surface area contributed by atoms with E-state index in [4.69, 9.17) is 0 Å². The Kier molecular flexibility index (Phi) is 6.30. The second kappa shape index (κ2) is 8.23. The Balaban J connectivity index is 0.00000208. The predicted octanol–water partition coefficient (Wildman–Crippen LogP) is 3.04. The highest BCUT2D eigenvalue weighted by atomic mass is 35.5. The summed E-state index contributed by atoms with van der Waals surface area (Å²) in [6.45, 7) is 3.29. The first kappa shape index (κ1) is 18.4. The molecule has 1 amide bonds. The standard InChI is InChI=1S/C16H17N3O3S.ClH/c20-16(15-6-3-11-23-15)18-9-7-17(8-10-18)12-13-4-1-2-5-14(13)19(21)22;/h1-6,11H,7-10,12H2;1H. The van der Waals surface area contributed by atoms with Crippen molar-refractivity contribution in [3.63, 3.8) is 0 Å². The van der Waals surface area contributed by atoms with Gasteiger partial charge in [0.1, 0.15) is 0 Å². The molecule has 3 rings (SSSR count). The number of amides is 1. The molecule has 1 saturated heterocycles. The van der Waals surface area contributed by atoms with Crippen LogP contribution in [0.25, 0.3) is 0 Å². The zero-order valence-corrected chi connectivity index (χ0v) is 14.6. The van der Waals surface area contributed by atoms with E-state index in [0.717, 1.165) is 23.5 Å². The van der Waals surface area contributed by atoms with Gasteiger partial charge in [-0.05, 0) is 11.4 Å². The summed E-state index contributed by atoms with van der Waals surface area (Å²) in [6, 6.07) is 10.5. The van der Waals surface area contributed by atoms with Gasteiger partial charge in [-0.15, -0.1) is 23.7 Å². The van der Waals surface area contributed by atoms with Gasteiger partial charge in [0.2, 0.25) is 0 Å². The van der Waals surface area contributed by atoms with Crippen molar-refractivity contribution < 1.29 is 9.72 Å². The van der Waals surface area contributed by atoms with Crippen LogP contribution in [0.3, 0.4) is 0 Å². The molecular weight excluding hydrogens is 350 g/mol. The first-order chi connectivity index (χ1) is 11.1. The Labute approximate surface area is 150 Å². The van der Waals surface area contributed by atoms with Gasteiger partial charge in [-0.2, -0.15) is 0 Å². The van der Waals surface area contributed by atoms with E-state index in [1.807, 2.05) is 28.5 Å². The molecule has 8 heteroatoms. The van der Waals surface area contributed by atoms with Crippen molar-refractivity contribution in [3.05, 3.63) is 62.3 Å². The molecule has 2 aromatic rings. The summed E-state index contributed by atoms with van der Waals surface area (Å²) < 4.78 is 0. The van der Waals surface area contributed by atoms with Crippen LogP contribution in [0, 0.1) is 10.1 Å². The minimum absolute atomic E-state index is 0. The van der Waals surface area contributed by atoms with Gasteiger partial charge in [0, 0.05) is 44.4 Å². The number of benzene rings is 1. The number of thiophene rings is 1. The number of carbonyl (C=O) groups is 1. The minimum atomic E-state index is -0.341. The van der Waals surface area contributed by atoms with Crippen molar-refractivity contribution in [2.24, 2.45) is 0 Å². The number of nitrogens with zero attached hydrogens (tertiary/aromatic N) is 3. The van der Waals surface area contributed by atoms with Crippen LogP contribution < -0.4 is 0 Å². The van der Waals surface area contributed by atoms with Gasteiger partial charge >= 0.3 is 0 Å².